The molecule has 2 rings (SSSR count). The van der Waals surface area contributed by atoms with Gasteiger partial charge in [0.1, 0.15) is 0 Å². The van der Waals surface area contributed by atoms with Gasteiger partial charge in [-0.05, 0) is 25.3 Å². The van der Waals surface area contributed by atoms with Crippen molar-refractivity contribution in [1.82, 2.24) is 4.98 Å². The van der Waals surface area contributed by atoms with E-state index < -0.39 is 29.1 Å². The zero-order chi connectivity index (χ0) is 19.1. The molecule has 0 saturated carbocycles. The molecule has 0 unspecified atom stereocenters. The van der Waals surface area contributed by atoms with Gasteiger partial charge in [-0.2, -0.15) is 0 Å². The number of carbonyl (C=O) groups is 1. The van der Waals surface area contributed by atoms with Gasteiger partial charge in [-0.15, -0.1) is 0 Å². The molecule has 1 N–H and O–H groups in total. The maximum absolute atomic E-state index is 14.4. The SMILES string of the molecule is CCCCCCCc1ccc(-c2c[nH]c(C(=O)OCC)c2F)c(F)c1F. The van der Waals surface area contributed by atoms with E-state index in [-0.39, 0.29) is 23.3 Å². The highest BCUT2D eigenvalue weighted by molar-refractivity contribution is 5.90. The zero-order valence-corrected chi connectivity index (χ0v) is 15.1. The lowest BCUT2D eigenvalue weighted by Crippen LogP contribution is -2.07. The summed E-state index contributed by atoms with van der Waals surface area (Å²) in [5.74, 6) is -3.89. The van der Waals surface area contributed by atoms with E-state index in [9.17, 15) is 18.0 Å². The molecule has 142 valence electrons. The van der Waals surface area contributed by atoms with Crippen molar-refractivity contribution in [3.8, 4) is 11.1 Å². The van der Waals surface area contributed by atoms with Gasteiger partial charge in [0.05, 0.1) is 6.61 Å². The van der Waals surface area contributed by atoms with E-state index in [1.54, 1.807) is 6.92 Å². The fourth-order valence-corrected chi connectivity index (χ4v) is 2.86. The summed E-state index contributed by atoms with van der Waals surface area (Å²) >= 11 is 0. The molecule has 1 aromatic carbocycles. The Balaban J connectivity index is 2.19. The number of aromatic nitrogens is 1. The molecular formula is C20H24F3NO2. The second-order valence-electron chi connectivity index (χ2n) is 6.18. The molecule has 26 heavy (non-hydrogen) atoms. The number of H-pyrrole nitrogens is 1. The molecule has 0 radical (unpaired) electrons. The van der Waals surface area contributed by atoms with Gasteiger partial charge in [0.2, 0.25) is 0 Å². The number of hydrogen-bond donors (Lipinski definition) is 1. The normalized spacial score (nSPS) is 11.0. The van der Waals surface area contributed by atoms with Crippen molar-refractivity contribution >= 4 is 5.97 Å². The van der Waals surface area contributed by atoms with Crippen LogP contribution in [0.15, 0.2) is 18.3 Å². The van der Waals surface area contributed by atoms with Crippen molar-refractivity contribution in [2.24, 2.45) is 0 Å². The molecule has 0 spiro atoms. The summed E-state index contributed by atoms with van der Waals surface area (Å²) in [4.78, 5) is 14.1. The van der Waals surface area contributed by atoms with Gasteiger partial charge in [-0.1, -0.05) is 44.7 Å². The maximum atomic E-state index is 14.4. The predicted octanol–water partition coefficient (Wildman–Crippen LogP) is 5.79. The number of ether oxygens (including phenoxy) is 1. The van der Waals surface area contributed by atoms with Crippen LogP contribution in [0.1, 0.15) is 62.0 Å². The lowest BCUT2D eigenvalue weighted by molar-refractivity contribution is 0.0515. The van der Waals surface area contributed by atoms with Gasteiger partial charge in [0, 0.05) is 17.3 Å². The number of rotatable bonds is 9. The molecule has 0 amide bonds. The van der Waals surface area contributed by atoms with Crippen LogP contribution in [0.25, 0.3) is 11.1 Å². The largest absolute Gasteiger partial charge is 0.461 e. The highest BCUT2D eigenvalue weighted by atomic mass is 19.2. The number of benzene rings is 1. The Bertz CT molecular complexity index is 756. The van der Waals surface area contributed by atoms with E-state index in [4.69, 9.17) is 4.74 Å². The molecule has 3 nitrogen and oxygen atoms in total. The first-order valence-electron chi connectivity index (χ1n) is 9.02. The lowest BCUT2D eigenvalue weighted by atomic mass is 10.0. The molecule has 2 aromatic rings. The predicted molar refractivity (Wildman–Crippen MR) is 94.5 cm³/mol. The summed E-state index contributed by atoms with van der Waals surface area (Å²) in [5.41, 5.74) is -0.536. The summed E-state index contributed by atoms with van der Waals surface area (Å²) in [6, 6.07) is 2.82. The van der Waals surface area contributed by atoms with Gasteiger partial charge in [-0.3, -0.25) is 0 Å². The molecule has 0 atom stereocenters. The van der Waals surface area contributed by atoms with E-state index >= 15 is 0 Å². The molecule has 6 heteroatoms. The Morgan fingerprint density at radius 1 is 0.962 bits per heavy atom. The summed E-state index contributed by atoms with van der Waals surface area (Å²) < 4.78 is 47.9. The molecule has 0 fully saturated rings. The molecule has 0 aliphatic rings. The number of aromatic amines is 1. The zero-order valence-electron chi connectivity index (χ0n) is 15.1. The maximum Gasteiger partial charge on any atom is 0.357 e. The fraction of sp³-hybridized carbons (Fsp3) is 0.450. The van der Waals surface area contributed by atoms with Gasteiger partial charge in [0.15, 0.2) is 23.1 Å². The van der Waals surface area contributed by atoms with Crippen LogP contribution in [0.2, 0.25) is 0 Å². The Kier molecular flexibility index (Phi) is 7.30. The molecule has 1 heterocycles. The second-order valence-corrected chi connectivity index (χ2v) is 6.18. The van der Waals surface area contributed by atoms with Gasteiger partial charge < -0.3 is 9.72 Å². The highest BCUT2D eigenvalue weighted by Gasteiger charge is 2.23. The van der Waals surface area contributed by atoms with Crippen LogP contribution >= 0.6 is 0 Å². The molecule has 0 aliphatic carbocycles. The number of halogens is 3. The first-order chi connectivity index (χ1) is 12.5. The molecule has 1 aromatic heterocycles. The third-order valence-electron chi connectivity index (χ3n) is 4.30. The number of esters is 1. The molecule has 0 saturated heterocycles. The van der Waals surface area contributed by atoms with Crippen molar-refractivity contribution in [1.29, 1.82) is 0 Å². The van der Waals surface area contributed by atoms with Crippen LogP contribution < -0.4 is 0 Å². The number of carbonyl (C=O) groups excluding carboxylic acids is 1. The van der Waals surface area contributed by atoms with Crippen molar-refractivity contribution in [3.05, 3.63) is 47.0 Å². The van der Waals surface area contributed by atoms with E-state index in [1.807, 2.05) is 0 Å². The second kappa shape index (κ2) is 9.46. The quantitative estimate of drug-likeness (QED) is 0.450. The minimum absolute atomic E-state index is 0.0859. The Hall–Kier alpha value is -2.24. The van der Waals surface area contributed by atoms with Crippen LogP contribution in [-0.2, 0) is 11.2 Å². The van der Waals surface area contributed by atoms with Crippen LogP contribution in [0, 0.1) is 17.5 Å². The van der Waals surface area contributed by atoms with E-state index in [1.165, 1.54) is 12.1 Å². The number of nitrogens with one attached hydrogen (secondary N) is 1. The minimum Gasteiger partial charge on any atom is -0.461 e. The number of aryl methyl sites for hydroxylation is 1. The van der Waals surface area contributed by atoms with Gasteiger partial charge >= 0.3 is 5.97 Å². The number of hydrogen-bond acceptors (Lipinski definition) is 2. The van der Waals surface area contributed by atoms with E-state index in [2.05, 4.69) is 11.9 Å². The van der Waals surface area contributed by atoms with Crippen molar-refractivity contribution in [2.75, 3.05) is 6.61 Å². The van der Waals surface area contributed by atoms with Crippen molar-refractivity contribution in [3.63, 3.8) is 0 Å². The van der Waals surface area contributed by atoms with E-state index in [0.717, 1.165) is 38.3 Å². The van der Waals surface area contributed by atoms with Gasteiger partial charge in [0.25, 0.3) is 0 Å². The van der Waals surface area contributed by atoms with Crippen LogP contribution in [-0.4, -0.2) is 17.6 Å². The van der Waals surface area contributed by atoms with Gasteiger partial charge in [-0.25, -0.2) is 18.0 Å². The first-order valence-corrected chi connectivity index (χ1v) is 9.02. The van der Waals surface area contributed by atoms with Crippen LogP contribution in [0.4, 0.5) is 13.2 Å². The van der Waals surface area contributed by atoms with E-state index in [0.29, 0.717) is 6.42 Å². The fourth-order valence-electron chi connectivity index (χ4n) is 2.86. The Morgan fingerprint density at radius 3 is 2.38 bits per heavy atom. The molecular weight excluding hydrogens is 343 g/mol. The monoisotopic (exact) mass is 367 g/mol. The Labute approximate surface area is 151 Å². The number of unbranched alkanes of at least 4 members (excludes halogenated alkanes) is 4. The summed E-state index contributed by atoms with van der Waals surface area (Å²) in [7, 11) is 0. The summed E-state index contributed by atoms with van der Waals surface area (Å²) in [6.07, 6.45) is 6.65. The van der Waals surface area contributed by atoms with Crippen LogP contribution in [0.5, 0.6) is 0 Å². The highest BCUT2D eigenvalue weighted by Crippen LogP contribution is 2.30. The average Bonchev–Trinajstić information content (AvgIpc) is 3.00. The lowest BCUT2D eigenvalue weighted by Gasteiger charge is -2.08. The van der Waals surface area contributed by atoms with Crippen molar-refractivity contribution in [2.45, 2.75) is 52.4 Å². The van der Waals surface area contributed by atoms with Crippen molar-refractivity contribution < 1.29 is 22.7 Å². The third-order valence-corrected chi connectivity index (χ3v) is 4.30. The molecule has 0 aliphatic heterocycles. The summed E-state index contributed by atoms with van der Waals surface area (Å²) in [6.45, 7) is 3.79. The summed E-state index contributed by atoms with van der Waals surface area (Å²) in [5, 5.41) is 0. The third kappa shape index (κ3) is 4.48. The minimum atomic E-state index is -1.11. The Morgan fingerprint density at radius 2 is 1.69 bits per heavy atom. The smallest absolute Gasteiger partial charge is 0.357 e. The molecule has 0 bridgehead atoms. The topological polar surface area (TPSA) is 42.1 Å². The average molecular weight is 367 g/mol. The first kappa shape index (κ1) is 20.1. The van der Waals surface area contributed by atoms with Crippen LogP contribution in [0.3, 0.4) is 0 Å². The standard InChI is InChI=1S/C20H24F3NO2/c1-3-5-6-7-8-9-13-10-11-14(17(22)16(13)21)15-12-24-19(18(15)23)20(25)26-4-2/h10-12,24H,3-9H2,1-2H3.